The molecule has 2 aromatic heterocycles. The number of nitrogens with one attached hydrogen (secondary N) is 2. The first-order valence-corrected chi connectivity index (χ1v) is 20.9. The smallest absolute Gasteiger partial charge is 0.414 e. The number of thiophene rings is 2. The number of carboxylic acids is 2. The van der Waals surface area contributed by atoms with Gasteiger partial charge in [-0.15, -0.1) is 22.7 Å². The van der Waals surface area contributed by atoms with Crippen LogP contribution in [0.5, 0.6) is 0 Å². The first-order valence-electron chi connectivity index (χ1n) is 19.2. The molecule has 12 nitrogen and oxygen atoms in total. The van der Waals surface area contributed by atoms with Crippen LogP contribution in [0.25, 0.3) is 0 Å². The number of aliphatic carboxylic acids is 2. The SMILES string of the molecule is NC(=Nc1cccc(C(=O)NCCCCc2ccccc2)c1)c1cccs1.NC(=Nc1cccc(C(=O)NCCCCc2ccccc2)c1)c1cccs1.O=C(O)C(=O)O. The molecule has 4 aromatic carbocycles. The molecule has 0 fully saturated rings. The number of amides is 2. The fourth-order valence-corrected chi connectivity index (χ4v) is 6.73. The van der Waals surface area contributed by atoms with E-state index in [4.69, 9.17) is 31.3 Å². The van der Waals surface area contributed by atoms with Gasteiger partial charge in [0.05, 0.1) is 21.1 Å². The molecule has 2 amide bonds. The lowest BCUT2D eigenvalue weighted by Gasteiger charge is -2.06. The van der Waals surface area contributed by atoms with Crippen LogP contribution in [0.15, 0.2) is 154 Å². The summed E-state index contributed by atoms with van der Waals surface area (Å²) in [5.74, 6) is -2.89. The van der Waals surface area contributed by atoms with Crippen molar-refractivity contribution < 1.29 is 29.4 Å². The molecule has 0 aliphatic carbocycles. The lowest BCUT2D eigenvalue weighted by molar-refractivity contribution is -0.159. The normalized spacial score (nSPS) is 10.9. The number of carbonyl (C=O) groups excluding carboxylic acids is 2. The highest BCUT2D eigenvalue weighted by atomic mass is 32.1. The third-order valence-electron chi connectivity index (χ3n) is 8.49. The maximum Gasteiger partial charge on any atom is 0.414 e. The minimum absolute atomic E-state index is 0.0820. The van der Waals surface area contributed by atoms with Crippen molar-refractivity contribution in [2.24, 2.45) is 21.5 Å². The molecule has 60 heavy (non-hydrogen) atoms. The summed E-state index contributed by atoms with van der Waals surface area (Å²) in [6.07, 6.45) is 6.05. The summed E-state index contributed by atoms with van der Waals surface area (Å²) in [7, 11) is 0. The van der Waals surface area contributed by atoms with Crippen molar-refractivity contribution in [3.63, 3.8) is 0 Å². The van der Waals surface area contributed by atoms with Crippen molar-refractivity contribution in [1.29, 1.82) is 0 Å². The standard InChI is InChI=1S/2C22H23N3OS.C2H2O4/c2*23-21(20-13-7-15-27-20)25-19-12-6-11-18(16-19)22(26)24-14-5-4-10-17-8-2-1-3-9-17;3-1(4)2(5)6/h2*1-3,6-9,11-13,15-16H,4-5,10,14H2,(H2,23,25)(H,24,26);(H,3,4)(H,5,6). The zero-order valence-electron chi connectivity index (χ0n) is 32.9. The molecule has 6 rings (SSSR count). The predicted molar refractivity (Wildman–Crippen MR) is 241 cm³/mol. The number of hydrogen-bond acceptors (Lipinski definition) is 8. The van der Waals surface area contributed by atoms with Gasteiger partial charge in [0, 0.05) is 24.2 Å². The zero-order valence-corrected chi connectivity index (χ0v) is 34.5. The van der Waals surface area contributed by atoms with Gasteiger partial charge in [-0.2, -0.15) is 0 Å². The van der Waals surface area contributed by atoms with Gasteiger partial charge in [-0.1, -0.05) is 84.9 Å². The molecule has 0 spiro atoms. The van der Waals surface area contributed by atoms with Crippen molar-refractivity contribution in [2.45, 2.75) is 38.5 Å². The van der Waals surface area contributed by atoms with Gasteiger partial charge in [0.25, 0.3) is 11.8 Å². The molecule has 8 N–H and O–H groups in total. The van der Waals surface area contributed by atoms with E-state index in [0.29, 0.717) is 47.3 Å². The molecular formula is C46H48N6O6S2. The van der Waals surface area contributed by atoms with Crippen LogP contribution >= 0.6 is 22.7 Å². The predicted octanol–water partition coefficient (Wildman–Crippen LogP) is 8.23. The van der Waals surface area contributed by atoms with E-state index in [2.05, 4.69) is 69.1 Å². The van der Waals surface area contributed by atoms with Crippen LogP contribution in [0, 0.1) is 0 Å². The second kappa shape index (κ2) is 25.5. The number of rotatable bonds is 16. The van der Waals surface area contributed by atoms with Crippen molar-refractivity contribution in [2.75, 3.05) is 13.1 Å². The maximum atomic E-state index is 12.4. The number of unbranched alkanes of at least 4 members (excludes halogenated alkanes) is 2. The third-order valence-corrected chi connectivity index (χ3v) is 10.3. The van der Waals surface area contributed by atoms with E-state index in [1.54, 1.807) is 24.3 Å². The second-order valence-corrected chi connectivity index (χ2v) is 15.0. The highest BCUT2D eigenvalue weighted by Crippen LogP contribution is 2.19. The fraction of sp³-hybridized carbons (Fsp3) is 0.174. The molecule has 0 radical (unpaired) electrons. The summed E-state index contributed by atoms with van der Waals surface area (Å²) in [6.45, 7) is 1.33. The Bertz CT molecular complexity index is 2140. The number of carbonyl (C=O) groups is 4. The number of benzene rings is 4. The maximum absolute atomic E-state index is 12.4. The third kappa shape index (κ3) is 16.9. The van der Waals surface area contributed by atoms with E-state index in [-0.39, 0.29) is 11.8 Å². The van der Waals surface area contributed by atoms with Crippen LogP contribution in [0.4, 0.5) is 11.4 Å². The van der Waals surface area contributed by atoms with Crippen LogP contribution in [-0.4, -0.2) is 58.7 Å². The van der Waals surface area contributed by atoms with E-state index in [0.717, 1.165) is 48.3 Å². The molecule has 0 atom stereocenters. The van der Waals surface area contributed by atoms with Crippen molar-refractivity contribution >= 4 is 69.5 Å². The minimum atomic E-state index is -1.82. The number of hydrogen-bond donors (Lipinski definition) is 6. The molecule has 310 valence electrons. The Labute approximate surface area is 357 Å². The lowest BCUT2D eigenvalue weighted by Crippen LogP contribution is -2.24. The summed E-state index contributed by atoms with van der Waals surface area (Å²) >= 11 is 3.08. The molecule has 0 bridgehead atoms. The number of nitrogens with zero attached hydrogens (tertiary/aromatic N) is 2. The number of nitrogens with two attached hydrogens (primary N) is 2. The summed E-state index contributed by atoms with van der Waals surface area (Å²) in [5, 5.41) is 24.7. The molecule has 0 aliphatic heterocycles. The van der Waals surface area contributed by atoms with Crippen LogP contribution in [-0.2, 0) is 22.4 Å². The summed E-state index contributed by atoms with van der Waals surface area (Å²) in [5.41, 5.74) is 17.2. The van der Waals surface area contributed by atoms with E-state index in [9.17, 15) is 9.59 Å². The quantitative estimate of drug-likeness (QED) is 0.0241. The molecule has 0 aliphatic rings. The molecule has 14 heteroatoms. The topological polar surface area (TPSA) is 210 Å². The first kappa shape index (κ1) is 45.8. The Hall–Kier alpha value is -6.90. The van der Waals surface area contributed by atoms with Crippen LogP contribution < -0.4 is 22.1 Å². The summed E-state index contributed by atoms with van der Waals surface area (Å²) in [4.78, 5) is 53.6. The Balaban J connectivity index is 0.000000233. The largest absolute Gasteiger partial charge is 0.473 e. The van der Waals surface area contributed by atoms with Crippen LogP contribution in [0.1, 0.15) is 67.3 Å². The Morgan fingerprint density at radius 2 is 0.900 bits per heavy atom. The number of aliphatic imine (C=N–C) groups is 2. The number of carboxylic acid groups (broad SMARTS) is 2. The minimum Gasteiger partial charge on any atom is -0.473 e. The van der Waals surface area contributed by atoms with E-state index in [1.165, 1.54) is 33.8 Å². The lowest BCUT2D eigenvalue weighted by atomic mass is 10.1. The summed E-state index contributed by atoms with van der Waals surface area (Å²) < 4.78 is 0. The highest BCUT2D eigenvalue weighted by Gasteiger charge is 2.09. The van der Waals surface area contributed by atoms with Gasteiger partial charge < -0.3 is 32.3 Å². The van der Waals surface area contributed by atoms with E-state index >= 15 is 0 Å². The van der Waals surface area contributed by atoms with Gasteiger partial charge >= 0.3 is 11.9 Å². The molecule has 0 unspecified atom stereocenters. The highest BCUT2D eigenvalue weighted by molar-refractivity contribution is 7.12. The zero-order chi connectivity index (χ0) is 43.0. The molecule has 0 saturated heterocycles. The molecule has 2 heterocycles. The fourth-order valence-electron chi connectivity index (χ4n) is 5.48. The van der Waals surface area contributed by atoms with Crippen molar-refractivity contribution in [3.8, 4) is 0 Å². The van der Waals surface area contributed by atoms with Gasteiger partial charge in [0.15, 0.2) is 0 Å². The van der Waals surface area contributed by atoms with Gasteiger partial charge in [-0.05, 0) is 109 Å². The monoisotopic (exact) mass is 844 g/mol. The van der Waals surface area contributed by atoms with Crippen molar-refractivity contribution in [3.05, 3.63) is 176 Å². The Kier molecular flexibility index (Phi) is 19.4. The molecule has 6 aromatic rings. The van der Waals surface area contributed by atoms with Gasteiger partial charge in [-0.3, -0.25) is 9.59 Å². The number of amidine groups is 2. The Morgan fingerprint density at radius 1 is 0.500 bits per heavy atom. The van der Waals surface area contributed by atoms with Crippen molar-refractivity contribution in [1.82, 2.24) is 10.6 Å². The number of aryl methyl sites for hydroxylation is 2. The first-order chi connectivity index (χ1) is 29.1. The van der Waals surface area contributed by atoms with E-state index < -0.39 is 11.9 Å². The Morgan fingerprint density at radius 3 is 1.25 bits per heavy atom. The van der Waals surface area contributed by atoms with Crippen LogP contribution in [0.3, 0.4) is 0 Å². The van der Waals surface area contributed by atoms with Crippen LogP contribution in [0.2, 0.25) is 0 Å². The summed E-state index contributed by atoms with van der Waals surface area (Å²) in [6, 6.07) is 43.0. The molecule has 0 saturated carbocycles. The van der Waals surface area contributed by atoms with Gasteiger partial charge in [0.1, 0.15) is 11.7 Å². The second-order valence-electron chi connectivity index (χ2n) is 13.1. The van der Waals surface area contributed by atoms with Gasteiger partial charge in [-0.25, -0.2) is 19.6 Å². The van der Waals surface area contributed by atoms with Gasteiger partial charge in [0.2, 0.25) is 0 Å². The molecular weight excluding hydrogens is 797 g/mol. The average Bonchev–Trinajstić information content (AvgIpc) is 4.02. The average molecular weight is 845 g/mol. The van der Waals surface area contributed by atoms with E-state index in [1.807, 2.05) is 71.4 Å².